The lowest BCUT2D eigenvalue weighted by Crippen LogP contribution is -2.27. The molecule has 0 spiro atoms. The van der Waals surface area contributed by atoms with E-state index in [1.54, 1.807) is 18.2 Å². The van der Waals surface area contributed by atoms with E-state index in [4.69, 9.17) is 0 Å². The molecule has 1 atom stereocenters. The molecule has 0 unspecified atom stereocenters. The van der Waals surface area contributed by atoms with Crippen molar-refractivity contribution in [2.45, 2.75) is 17.9 Å². The lowest BCUT2D eigenvalue weighted by atomic mass is 10.1. The van der Waals surface area contributed by atoms with Gasteiger partial charge in [0.05, 0.1) is 4.90 Å². The van der Waals surface area contributed by atoms with Gasteiger partial charge in [-0.15, -0.1) is 0 Å². The summed E-state index contributed by atoms with van der Waals surface area (Å²) in [7, 11) is -3.59. The van der Waals surface area contributed by atoms with E-state index < -0.39 is 10.0 Å². The number of hydrogen-bond donors (Lipinski definition) is 1. The standard InChI is InChI=1S/C14H13Br2NO2S/c1-10(11-5-3-2-4-6-11)17-20(18,19)14-9-12(15)7-8-13(14)16/h2-10,17H,1H3/t10-/m1/s1. The third-order valence-corrected chi connectivity index (χ3v) is 5.84. The molecule has 0 bridgehead atoms. The average Bonchev–Trinajstić information content (AvgIpc) is 2.42. The van der Waals surface area contributed by atoms with Gasteiger partial charge in [0, 0.05) is 15.0 Å². The van der Waals surface area contributed by atoms with Crippen LogP contribution < -0.4 is 4.72 Å². The molecule has 106 valence electrons. The Bertz CT molecular complexity index is 702. The van der Waals surface area contributed by atoms with Crippen LogP contribution in [-0.2, 0) is 10.0 Å². The Balaban J connectivity index is 2.30. The second-order valence-corrected chi connectivity index (χ2v) is 7.78. The Morgan fingerprint density at radius 2 is 1.70 bits per heavy atom. The number of halogens is 2. The monoisotopic (exact) mass is 417 g/mol. The van der Waals surface area contributed by atoms with E-state index in [0.717, 1.165) is 5.56 Å². The third-order valence-electron chi connectivity index (χ3n) is 2.81. The zero-order chi connectivity index (χ0) is 14.8. The van der Waals surface area contributed by atoms with Crippen LogP contribution in [0.25, 0.3) is 0 Å². The summed E-state index contributed by atoms with van der Waals surface area (Å²) in [5.74, 6) is 0. The Morgan fingerprint density at radius 1 is 1.05 bits per heavy atom. The summed E-state index contributed by atoms with van der Waals surface area (Å²) in [6.45, 7) is 1.82. The van der Waals surface area contributed by atoms with Gasteiger partial charge in [0.1, 0.15) is 0 Å². The quantitative estimate of drug-likeness (QED) is 0.806. The minimum absolute atomic E-state index is 0.217. The molecule has 2 rings (SSSR count). The summed E-state index contributed by atoms with van der Waals surface area (Å²) >= 11 is 6.56. The number of rotatable bonds is 4. The van der Waals surface area contributed by atoms with Crippen molar-refractivity contribution in [3.63, 3.8) is 0 Å². The van der Waals surface area contributed by atoms with Gasteiger partial charge in [-0.05, 0) is 46.6 Å². The number of benzene rings is 2. The average molecular weight is 419 g/mol. The summed E-state index contributed by atoms with van der Waals surface area (Å²) in [4.78, 5) is 0.217. The zero-order valence-electron chi connectivity index (χ0n) is 10.7. The molecule has 20 heavy (non-hydrogen) atoms. The highest BCUT2D eigenvalue weighted by molar-refractivity contribution is 9.11. The first kappa shape index (κ1) is 15.7. The smallest absolute Gasteiger partial charge is 0.207 e. The van der Waals surface area contributed by atoms with Crippen molar-refractivity contribution in [3.8, 4) is 0 Å². The summed E-state index contributed by atoms with van der Waals surface area (Å²) in [5.41, 5.74) is 0.919. The van der Waals surface area contributed by atoms with Crippen LogP contribution in [0.5, 0.6) is 0 Å². The highest BCUT2D eigenvalue weighted by Gasteiger charge is 2.21. The van der Waals surface area contributed by atoms with E-state index >= 15 is 0 Å². The molecule has 0 heterocycles. The fraction of sp³-hybridized carbons (Fsp3) is 0.143. The van der Waals surface area contributed by atoms with Gasteiger partial charge in [-0.3, -0.25) is 0 Å². The van der Waals surface area contributed by atoms with Gasteiger partial charge in [0.25, 0.3) is 0 Å². The summed E-state index contributed by atoms with van der Waals surface area (Å²) < 4.78 is 28.8. The predicted molar refractivity (Wildman–Crippen MR) is 87.0 cm³/mol. The maximum Gasteiger partial charge on any atom is 0.242 e. The molecule has 0 aliphatic rings. The Hall–Kier alpha value is -0.690. The second-order valence-electron chi connectivity index (χ2n) is 4.33. The van der Waals surface area contributed by atoms with Crippen molar-refractivity contribution >= 4 is 41.9 Å². The molecule has 0 saturated carbocycles. The minimum atomic E-state index is -3.59. The van der Waals surface area contributed by atoms with Gasteiger partial charge >= 0.3 is 0 Å². The number of sulfonamides is 1. The van der Waals surface area contributed by atoms with Crippen molar-refractivity contribution in [3.05, 3.63) is 63.0 Å². The molecule has 2 aromatic carbocycles. The van der Waals surface area contributed by atoms with E-state index in [9.17, 15) is 8.42 Å². The molecule has 0 saturated heterocycles. The van der Waals surface area contributed by atoms with Crippen molar-refractivity contribution in [2.24, 2.45) is 0 Å². The lowest BCUT2D eigenvalue weighted by Gasteiger charge is -2.15. The maximum absolute atomic E-state index is 12.4. The predicted octanol–water partition coefficient (Wildman–Crippen LogP) is 4.25. The van der Waals surface area contributed by atoms with E-state index in [1.165, 1.54) is 0 Å². The van der Waals surface area contributed by atoms with Crippen molar-refractivity contribution < 1.29 is 8.42 Å². The third kappa shape index (κ3) is 3.69. The van der Waals surface area contributed by atoms with Crippen LogP contribution in [0.4, 0.5) is 0 Å². The highest BCUT2D eigenvalue weighted by Crippen LogP contribution is 2.27. The van der Waals surface area contributed by atoms with E-state index in [0.29, 0.717) is 8.95 Å². The lowest BCUT2D eigenvalue weighted by molar-refractivity contribution is 0.566. The fourth-order valence-electron chi connectivity index (χ4n) is 1.79. The molecular formula is C14H13Br2NO2S. The van der Waals surface area contributed by atoms with Crippen LogP contribution >= 0.6 is 31.9 Å². The van der Waals surface area contributed by atoms with Crippen molar-refractivity contribution in [2.75, 3.05) is 0 Å². The number of nitrogens with one attached hydrogen (secondary N) is 1. The van der Waals surface area contributed by atoms with Crippen LogP contribution in [0.15, 0.2) is 62.4 Å². The summed E-state index contributed by atoms with van der Waals surface area (Å²) in [6, 6.07) is 14.2. The minimum Gasteiger partial charge on any atom is -0.207 e. The van der Waals surface area contributed by atoms with Crippen LogP contribution in [0.1, 0.15) is 18.5 Å². The van der Waals surface area contributed by atoms with Gasteiger partial charge in [0.15, 0.2) is 0 Å². The van der Waals surface area contributed by atoms with Gasteiger partial charge in [-0.1, -0.05) is 46.3 Å². The molecular weight excluding hydrogens is 406 g/mol. The normalized spacial score (nSPS) is 13.2. The van der Waals surface area contributed by atoms with Crippen LogP contribution in [0.2, 0.25) is 0 Å². The van der Waals surface area contributed by atoms with E-state index in [1.807, 2.05) is 37.3 Å². The molecule has 0 aliphatic heterocycles. The summed E-state index contributed by atoms with van der Waals surface area (Å²) in [5, 5.41) is 0. The molecule has 2 aromatic rings. The van der Waals surface area contributed by atoms with Crippen molar-refractivity contribution in [1.29, 1.82) is 0 Å². The molecule has 6 heteroatoms. The first-order valence-electron chi connectivity index (χ1n) is 5.92. The first-order valence-corrected chi connectivity index (χ1v) is 8.99. The van der Waals surface area contributed by atoms with E-state index in [-0.39, 0.29) is 10.9 Å². The molecule has 0 aliphatic carbocycles. The Labute approximate surface area is 135 Å². The Morgan fingerprint density at radius 3 is 2.35 bits per heavy atom. The second kappa shape index (κ2) is 6.39. The Kier molecular flexibility index (Phi) is 5.01. The topological polar surface area (TPSA) is 46.2 Å². The molecule has 0 amide bonds. The van der Waals surface area contributed by atoms with Crippen LogP contribution in [-0.4, -0.2) is 8.42 Å². The van der Waals surface area contributed by atoms with Crippen molar-refractivity contribution in [1.82, 2.24) is 4.72 Å². The molecule has 3 nitrogen and oxygen atoms in total. The summed E-state index contributed by atoms with van der Waals surface area (Å²) in [6.07, 6.45) is 0. The highest BCUT2D eigenvalue weighted by atomic mass is 79.9. The zero-order valence-corrected chi connectivity index (χ0v) is 14.7. The van der Waals surface area contributed by atoms with E-state index in [2.05, 4.69) is 36.6 Å². The van der Waals surface area contributed by atoms with Gasteiger partial charge in [-0.25, -0.2) is 13.1 Å². The van der Waals surface area contributed by atoms with Gasteiger partial charge in [0.2, 0.25) is 10.0 Å². The molecule has 0 fully saturated rings. The molecule has 0 radical (unpaired) electrons. The number of hydrogen-bond acceptors (Lipinski definition) is 2. The maximum atomic E-state index is 12.4. The van der Waals surface area contributed by atoms with Gasteiger partial charge in [-0.2, -0.15) is 0 Å². The molecule has 1 N–H and O–H groups in total. The largest absolute Gasteiger partial charge is 0.242 e. The fourth-order valence-corrected chi connectivity index (χ4v) is 4.52. The molecule has 0 aromatic heterocycles. The SMILES string of the molecule is C[C@@H](NS(=O)(=O)c1cc(Br)ccc1Br)c1ccccc1. The van der Waals surface area contributed by atoms with Crippen LogP contribution in [0, 0.1) is 0 Å². The van der Waals surface area contributed by atoms with Gasteiger partial charge < -0.3 is 0 Å². The first-order chi connectivity index (χ1) is 9.40. The van der Waals surface area contributed by atoms with Crippen LogP contribution in [0.3, 0.4) is 0 Å².